The molecule has 8 aromatic carbocycles. The van der Waals surface area contributed by atoms with Crippen LogP contribution >= 0.6 is 11.3 Å². The van der Waals surface area contributed by atoms with Crippen LogP contribution in [0.1, 0.15) is 0 Å². The lowest BCUT2D eigenvalue weighted by molar-refractivity contribution is 1.07. The van der Waals surface area contributed by atoms with Crippen molar-refractivity contribution < 1.29 is 0 Å². The molecule has 3 aromatic heterocycles. The molecule has 0 aliphatic carbocycles. The molecule has 56 heavy (non-hydrogen) atoms. The Labute approximate surface area is 327 Å². The maximum atomic E-state index is 5.24. The standard InChI is InChI=1S/C51H32N4S/c1-3-14-33(15-4-1)39-28-26-38(32-46(39)55-44-23-10-7-20-40(44)41-21-8-11-24-45(41)55)51-53-49(34-16-5-2-6-17-34)52-50(54-51)37-19-13-18-35(30-37)36-27-29-48-43(31-36)42-22-9-12-25-47(42)56-48/h1-32H. The molecule has 0 radical (unpaired) electrons. The summed E-state index contributed by atoms with van der Waals surface area (Å²) in [6.07, 6.45) is 0. The van der Waals surface area contributed by atoms with Crippen LogP contribution in [0.15, 0.2) is 194 Å². The van der Waals surface area contributed by atoms with E-state index in [0.29, 0.717) is 17.5 Å². The van der Waals surface area contributed by atoms with E-state index in [1.54, 1.807) is 0 Å². The number of aromatic nitrogens is 4. The van der Waals surface area contributed by atoms with Gasteiger partial charge in [0, 0.05) is 53.2 Å². The third-order valence-corrected chi connectivity index (χ3v) is 11.8. The second kappa shape index (κ2) is 13.3. The Hall–Kier alpha value is -7.21. The fourth-order valence-electron chi connectivity index (χ4n) is 7.99. The molecule has 0 amide bonds. The molecular formula is C51H32N4S. The molecule has 0 saturated heterocycles. The molecular weight excluding hydrogens is 701 g/mol. The number of nitrogens with zero attached hydrogens (tertiary/aromatic N) is 4. The van der Waals surface area contributed by atoms with Crippen LogP contribution in [0, 0.1) is 0 Å². The van der Waals surface area contributed by atoms with Crippen LogP contribution in [0.2, 0.25) is 0 Å². The van der Waals surface area contributed by atoms with Crippen LogP contribution in [0.4, 0.5) is 0 Å². The number of thiophene rings is 1. The number of hydrogen-bond acceptors (Lipinski definition) is 4. The molecule has 0 fully saturated rings. The second-order valence-corrected chi connectivity index (χ2v) is 15.1. The van der Waals surface area contributed by atoms with Crippen LogP contribution in [-0.4, -0.2) is 19.5 Å². The Morgan fingerprint density at radius 3 is 1.54 bits per heavy atom. The minimum Gasteiger partial charge on any atom is -0.309 e. The minimum absolute atomic E-state index is 0.618. The third kappa shape index (κ3) is 5.48. The predicted octanol–water partition coefficient (Wildman–Crippen LogP) is 13.7. The summed E-state index contributed by atoms with van der Waals surface area (Å²) in [5.41, 5.74) is 10.7. The van der Waals surface area contributed by atoms with Crippen molar-refractivity contribution in [3.8, 4) is 62.1 Å². The lowest BCUT2D eigenvalue weighted by atomic mass is 10.00. The van der Waals surface area contributed by atoms with Crippen molar-refractivity contribution in [1.82, 2.24) is 19.5 Å². The molecule has 0 atom stereocenters. The van der Waals surface area contributed by atoms with Gasteiger partial charge in [-0.15, -0.1) is 11.3 Å². The highest BCUT2D eigenvalue weighted by Gasteiger charge is 2.19. The second-order valence-electron chi connectivity index (χ2n) is 14.0. The Bertz CT molecular complexity index is 3200. The lowest BCUT2D eigenvalue weighted by Gasteiger charge is -2.16. The number of rotatable bonds is 6. The first-order valence-corrected chi connectivity index (χ1v) is 19.6. The van der Waals surface area contributed by atoms with Gasteiger partial charge in [0.25, 0.3) is 0 Å². The molecule has 4 nitrogen and oxygen atoms in total. The molecule has 0 unspecified atom stereocenters. The first-order chi connectivity index (χ1) is 27.7. The Balaban J connectivity index is 1.10. The molecule has 262 valence electrons. The van der Waals surface area contributed by atoms with E-state index < -0.39 is 0 Å². The van der Waals surface area contributed by atoms with E-state index in [1.807, 2.05) is 29.5 Å². The fraction of sp³-hybridized carbons (Fsp3) is 0. The average Bonchev–Trinajstić information content (AvgIpc) is 3.82. The lowest BCUT2D eigenvalue weighted by Crippen LogP contribution is -2.02. The van der Waals surface area contributed by atoms with Gasteiger partial charge in [0.15, 0.2) is 17.5 Å². The number of benzene rings is 8. The summed E-state index contributed by atoms with van der Waals surface area (Å²) in [5, 5.41) is 5.00. The summed E-state index contributed by atoms with van der Waals surface area (Å²) in [4.78, 5) is 15.5. The van der Waals surface area contributed by atoms with Crippen molar-refractivity contribution in [2.75, 3.05) is 0 Å². The van der Waals surface area contributed by atoms with Gasteiger partial charge in [-0.1, -0.05) is 152 Å². The van der Waals surface area contributed by atoms with Gasteiger partial charge in [0.1, 0.15) is 0 Å². The maximum absolute atomic E-state index is 5.24. The summed E-state index contributed by atoms with van der Waals surface area (Å²) in [5.74, 6) is 1.88. The highest BCUT2D eigenvalue weighted by molar-refractivity contribution is 7.25. The molecule has 0 aliphatic rings. The van der Waals surface area contributed by atoms with Crippen LogP contribution in [0.25, 0.3) is 104 Å². The van der Waals surface area contributed by atoms with Gasteiger partial charge in [-0.25, -0.2) is 15.0 Å². The SMILES string of the molecule is c1ccc(-c2nc(-c3cccc(-c4ccc5sc6ccccc6c5c4)c3)nc(-c3ccc(-c4ccccc4)c(-n4c5ccccc5c5ccccc54)c3)n2)cc1. The molecule has 0 N–H and O–H groups in total. The Kier molecular flexibility index (Phi) is 7.64. The first-order valence-electron chi connectivity index (χ1n) is 18.8. The first kappa shape index (κ1) is 32.2. The van der Waals surface area contributed by atoms with Gasteiger partial charge in [0.2, 0.25) is 0 Å². The van der Waals surface area contributed by atoms with Gasteiger partial charge in [-0.2, -0.15) is 0 Å². The highest BCUT2D eigenvalue weighted by atomic mass is 32.1. The van der Waals surface area contributed by atoms with Crippen molar-refractivity contribution >= 4 is 53.3 Å². The van der Waals surface area contributed by atoms with E-state index in [9.17, 15) is 0 Å². The van der Waals surface area contributed by atoms with Crippen molar-refractivity contribution in [2.24, 2.45) is 0 Å². The normalized spacial score (nSPS) is 11.6. The molecule has 0 bridgehead atoms. The van der Waals surface area contributed by atoms with E-state index in [-0.39, 0.29) is 0 Å². The minimum atomic E-state index is 0.618. The van der Waals surface area contributed by atoms with Gasteiger partial charge in [-0.05, 0) is 59.2 Å². The average molecular weight is 733 g/mol. The van der Waals surface area contributed by atoms with Gasteiger partial charge in [-0.3, -0.25) is 0 Å². The van der Waals surface area contributed by atoms with E-state index >= 15 is 0 Å². The predicted molar refractivity (Wildman–Crippen MR) is 234 cm³/mol. The molecule has 3 heterocycles. The molecule has 5 heteroatoms. The van der Waals surface area contributed by atoms with Crippen molar-refractivity contribution in [1.29, 1.82) is 0 Å². The van der Waals surface area contributed by atoms with Gasteiger partial charge < -0.3 is 4.57 Å². The smallest absolute Gasteiger partial charge is 0.164 e. The number of para-hydroxylation sites is 2. The zero-order valence-electron chi connectivity index (χ0n) is 30.2. The highest BCUT2D eigenvalue weighted by Crippen LogP contribution is 2.39. The van der Waals surface area contributed by atoms with Gasteiger partial charge in [0.05, 0.1) is 16.7 Å². The summed E-state index contributed by atoms with van der Waals surface area (Å²) in [6.45, 7) is 0. The largest absolute Gasteiger partial charge is 0.309 e. The quantitative estimate of drug-likeness (QED) is 0.171. The Morgan fingerprint density at radius 1 is 0.321 bits per heavy atom. The van der Waals surface area contributed by atoms with E-state index in [4.69, 9.17) is 15.0 Å². The van der Waals surface area contributed by atoms with Crippen molar-refractivity contribution in [3.63, 3.8) is 0 Å². The molecule has 0 saturated carbocycles. The molecule has 11 aromatic rings. The maximum Gasteiger partial charge on any atom is 0.164 e. The van der Waals surface area contributed by atoms with Crippen molar-refractivity contribution in [3.05, 3.63) is 194 Å². The zero-order valence-corrected chi connectivity index (χ0v) is 31.0. The zero-order chi connectivity index (χ0) is 37.0. The molecule has 11 rings (SSSR count). The summed E-state index contributed by atoms with van der Waals surface area (Å²) in [7, 11) is 0. The van der Waals surface area contributed by atoms with Crippen LogP contribution in [-0.2, 0) is 0 Å². The Morgan fingerprint density at radius 2 is 0.821 bits per heavy atom. The van der Waals surface area contributed by atoms with E-state index in [1.165, 1.54) is 30.9 Å². The third-order valence-electron chi connectivity index (χ3n) is 10.7. The van der Waals surface area contributed by atoms with Crippen LogP contribution < -0.4 is 0 Å². The van der Waals surface area contributed by atoms with Crippen molar-refractivity contribution in [2.45, 2.75) is 0 Å². The van der Waals surface area contributed by atoms with Gasteiger partial charge >= 0.3 is 0 Å². The number of fused-ring (bicyclic) bond motifs is 6. The summed E-state index contributed by atoms with van der Waals surface area (Å²) >= 11 is 1.84. The fourth-order valence-corrected chi connectivity index (χ4v) is 9.08. The van der Waals surface area contributed by atoms with E-state index in [0.717, 1.165) is 55.7 Å². The summed E-state index contributed by atoms with van der Waals surface area (Å²) < 4.78 is 4.98. The molecule has 0 spiro atoms. The summed E-state index contributed by atoms with van der Waals surface area (Å²) in [6, 6.07) is 68.6. The monoisotopic (exact) mass is 732 g/mol. The van der Waals surface area contributed by atoms with E-state index in [2.05, 4.69) is 180 Å². The van der Waals surface area contributed by atoms with Crippen LogP contribution in [0.3, 0.4) is 0 Å². The number of hydrogen-bond donors (Lipinski definition) is 0. The topological polar surface area (TPSA) is 43.6 Å². The van der Waals surface area contributed by atoms with Crippen LogP contribution in [0.5, 0.6) is 0 Å². The molecule has 0 aliphatic heterocycles.